The molecule has 94 valence electrons. The molecule has 0 atom stereocenters. The molecule has 2 heteroatoms. The van der Waals surface area contributed by atoms with Crippen LogP contribution in [0, 0.1) is 27.7 Å². The fourth-order valence-electron chi connectivity index (χ4n) is 1.97. The Labute approximate surface area is 126 Å². The van der Waals surface area contributed by atoms with E-state index in [9.17, 15) is 0 Å². The molecule has 0 heterocycles. The van der Waals surface area contributed by atoms with Crippen LogP contribution in [0.3, 0.4) is 0 Å². The van der Waals surface area contributed by atoms with Crippen LogP contribution in [0.5, 0.6) is 0 Å². The highest BCUT2D eigenvalue weighted by Gasteiger charge is 2.10. The highest BCUT2D eigenvalue weighted by molar-refractivity contribution is 9.11. The highest BCUT2D eigenvalue weighted by atomic mass is 79.9. The average molecular weight is 368 g/mol. The quantitative estimate of drug-likeness (QED) is 0.570. The van der Waals surface area contributed by atoms with Crippen molar-refractivity contribution in [2.45, 2.75) is 27.7 Å². The van der Waals surface area contributed by atoms with Gasteiger partial charge in [0, 0.05) is 8.95 Å². The molecule has 0 amide bonds. The summed E-state index contributed by atoms with van der Waals surface area (Å²) in [6, 6.07) is 8.86. The van der Waals surface area contributed by atoms with Crippen LogP contribution in [0.1, 0.15) is 22.3 Å². The summed E-state index contributed by atoms with van der Waals surface area (Å²) in [7, 11) is 0. The van der Waals surface area contributed by atoms with E-state index in [1.54, 1.807) is 0 Å². The van der Waals surface area contributed by atoms with Crippen molar-refractivity contribution in [2.24, 2.45) is 0 Å². The van der Waals surface area contributed by atoms with Crippen molar-refractivity contribution in [1.82, 2.24) is 0 Å². The summed E-state index contributed by atoms with van der Waals surface area (Å²) in [5.41, 5.74) is 7.74. The monoisotopic (exact) mass is 366 g/mol. The van der Waals surface area contributed by atoms with Gasteiger partial charge < -0.3 is 0 Å². The van der Waals surface area contributed by atoms with Crippen molar-refractivity contribution in [2.75, 3.05) is 0 Å². The van der Waals surface area contributed by atoms with Gasteiger partial charge in [0.25, 0.3) is 0 Å². The third-order valence-corrected chi connectivity index (χ3v) is 4.77. The molecule has 0 bridgehead atoms. The first-order chi connectivity index (χ1) is 8.40. The second-order valence-corrected chi connectivity index (χ2v) is 6.54. The molecule has 0 aliphatic heterocycles. The number of aryl methyl sites for hydroxylation is 4. The fourth-order valence-corrected chi connectivity index (χ4v) is 3.32. The Kier molecular flexibility index (Phi) is 3.98. The van der Waals surface area contributed by atoms with Gasteiger partial charge in [-0.25, -0.2) is 0 Å². The maximum Gasteiger partial charge on any atom is 0.0256 e. The summed E-state index contributed by atoms with van der Waals surface area (Å²) in [5, 5.41) is 0. The zero-order valence-corrected chi connectivity index (χ0v) is 14.2. The lowest BCUT2D eigenvalue weighted by Crippen LogP contribution is -1.90. The van der Waals surface area contributed by atoms with Gasteiger partial charge in [-0.15, -0.1) is 0 Å². The summed E-state index contributed by atoms with van der Waals surface area (Å²) in [4.78, 5) is 0. The summed E-state index contributed by atoms with van der Waals surface area (Å²) >= 11 is 7.35. The van der Waals surface area contributed by atoms with Gasteiger partial charge in [-0.1, -0.05) is 44.0 Å². The summed E-state index contributed by atoms with van der Waals surface area (Å²) < 4.78 is 2.30. The van der Waals surface area contributed by atoms with Crippen LogP contribution in [-0.4, -0.2) is 0 Å². The molecule has 0 N–H and O–H groups in total. The van der Waals surface area contributed by atoms with Gasteiger partial charge in [0.1, 0.15) is 0 Å². The van der Waals surface area contributed by atoms with Gasteiger partial charge in [0.15, 0.2) is 0 Å². The van der Waals surface area contributed by atoms with Crippen LogP contribution >= 0.6 is 31.9 Å². The van der Waals surface area contributed by atoms with Crippen LogP contribution in [0.25, 0.3) is 11.1 Å². The van der Waals surface area contributed by atoms with E-state index in [0.29, 0.717) is 0 Å². The topological polar surface area (TPSA) is 0 Å². The second kappa shape index (κ2) is 5.18. The van der Waals surface area contributed by atoms with E-state index < -0.39 is 0 Å². The third kappa shape index (κ3) is 2.55. The van der Waals surface area contributed by atoms with Crippen LogP contribution in [0.15, 0.2) is 33.2 Å². The molecule has 0 saturated carbocycles. The summed E-state index contributed by atoms with van der Waals surface area (Å²) in [6.45, 7) is 8.58. The van der Waals surface area contributed by atoms with Crippen LogP contribution in [0.4, 0.5) is 0 Å². The van der Waals surface area contributed by atoms with Gasteiger partial charge in [0.05, 0.1) is 0 Å². The Morgan fingerprint density at radius 2 is 0.833 bits per heavy atom. The predicted octanol–water partition coefficient (Wildman–Crippen LogP) is 6.11. The lowest BCUT2D eigenvalue weighted by molar-refractivity contribution is 1.30. The van der Waals surface area contributed by atoms with Gasteiger partial charge in [-0.05, 0) is 73.2 Å². The molecule has 0 nitrogen and oxygen atoms in total. The first-order valence-corrected chi connectivity index (χ1v) is 7.52. The maximum atomic E-state index is 3.67. The Balaban J connectivity index is 2.69. The van der Waals surface area contributed by atoms with E-state index in [4.69, 9.17) is 0 Å². The van der Waals surface area contributed by atoms with Crippen molar-refractivity contribution in [1.29, 1.82) is 0 Å². The first kappa shape index (κ1) is 13.8. The van der Waals surface area contributed by atoms with E-state index in [0.717, 1.165) is 8.95 Å². The normalized spacial score (nSPS) is 10.8. The molecule has 0 fully saturated rings. The molecule has 0 aliphatic rings. The molecule has 2 rings (SSSR count). The molecule has 0 unspecified atom stereocenters. The van der Waals surface area contributed by atoms with Crippen molar-refractivity contribution >= 4 is 31.9 Å². The smallest absolute Gasteiger partial charge is 0.0256 e. The van der Waals surface area contributed by atoms with Gasteiger partial charge in [-0.3, -0.25) is 0 Å². The zero-order valence-electron chi connectivity index (χ0n) is 11.1. The van der Waals surface area contributed by atoms with E-state index in [1.165, 1.54) is 33.4 Å². The SMILES string of the molecule is Cc1cc(Br)c(-c2cc(C)c(C)cc2Br)cc1C. The van der Waals surface area contributed by atoms with Crippen molar-refractivity contribution in [3.8, 4) is 11.1 Å². The number of hydrogen-bond donors (Lipinski definition) is 0. The zero-order chi connectivity index (χ0) is 13.4. The predicted molar refractivity (Wildman–Crippen MR) is 86.2 cm³/mol. The second-order valence-electron chi connectivity index (χ2n) is 4.83. The standard InChI is InChI=1S/C16H16Br2/c1-9-5-13(15(17)7-11(9)3)14-6-10(2)12(4)8-16(14)18/h5-8H,1-4H3. The van der Waals surface area contributed by atoms with Gasteiger partial charge in [0.2, 0.25) is 0 Å². The Bertz CT molecular complexity index is 557. The maximum absolute atomic E-state index is 3.67. The molecule has 18 heavy (non-hydrogen) atoms. The largest absolute Gasteiger partial charge is 0.0501 e. The molecule has 2 aromatic rings. The summed E-state index contributed by atoms with van der Waals surface area (Å²) in [5.74, 6) is 0. The molecular weight excluding hydrogens is 352 g/mol. The minimum absolute atomic E-state index is 1.15. The van der Waals surface area contributed by atoms with Gasteiger partial charge >= 0.3 is 0 Å². The Morgan fingerprint density at radius 3 is 1.17 bits per heavy atom. The molecule has 0 spiro atoms. The molecule has 0 saturated heterocycles. The third-order valence-electron chi connectivity index (χ3n) is 3.46. The van der Waals surface area contributed by atoms with E-state index in [2.05, 4.69) is 83.8 Å². The van der Waals surface area contributed by atoms with Crippen LogP contribution < -0.4 is 0 Å². The first-order valence-electron chi connectivity index (χ1n) is 5.94. The van der Waals surface area contributed by atoms with Crippen molar-refractivity contribution in [3.63, 3.8) is 0 Å². The van der Waals surface area contributed by atoms with Crippen LogP contribution in [0.2, 0.25) is 0 Å². The lowest BCUT2D eigenvalue weighted by Gasteiger charge is -2.13. The van der Waals surface area contributed by atoms with E-state index >= 15 is 0 Å². The lowest BCUT2D eigenvalue weighted by atomic mass is 9.97. The molecule has 0 radical (unpaired) electrons. The van der Waals surface area contributed by atoms with E-state index in [1.807, 2.05) is 0 Å². The van der Waals surface area contributed by atoms with Crippen LogP contribution in [-0.2, 0) is 0 Å². The Hall–Kier alpha value is -0.600. The number of halogens is 2. The average Bonchev–Trinajstić information content (AvgIpc) is 2.29. The molecule has 0 aliphatic carbocycles. The van der Waals surface area contributed by atoms with E-state index in [-0.39, 0.29) is 0 Å². The molecule has 2 aromatic carbocycles. The molecule has 0 aromatic heterocycles. The minimum atomic E-state index is 1.15. The fraction of sp³-hybridized carbons (Fsp3) is 0.250. The van der Waals surface area contributed by atoms with Gasteiger partial charge in [-0.2, -0.15) is 0 Å². The van der Waals surface area contributed by atoms with Crippen molar-refractivity contribution in [3.05, 3.63) is 55.5 Å². The highest BCUT2D eigenvalue weighted by Crippen LogP contribution is 2.36. The number of benzene rings is 2. The number of rotatable bonds is 1. The Morgan fingerprint density at radius 1 is 0.556 bits per heavy atom. The number of hydrogen-bond acceptors (Lipinski definition) is 0. The summed E-state index contributed by atoms with van der Waals surface area (Å²) in [6.07, 6.45) is 0. The minimum Gasteiger partial charge on any atom is -0.0501 e. The van der Waals surface area contributed by atoms with Crippen molar-refractivity contribution < 1.29 is 0 Å². The molecular formula is C16H16Br2.